The molecule has 0 aliphatic rings. The number of halogens is 1. The molecule has 0 saturated carbocycles. The minimum Gasteiger partial charge on any atom is -0.278 e. The zero-order valence-electron chi connectivity index (χ0n) is 10.7. The molecule has 0 unspecified atom stereocenters. The number of benzene rings is 1. The summed E-state index contributed by atoms with van der Waals surface area (Å²) in [5, 5.41) is 1.62. The van der Waals surface area contributed by atoms with Gasteiger partial charge in [0.1, 0.15) is 4.90 Å². The van der Waals surface area contributed by atoms with E-state index in [1.54, 1.807) is 17.5 Å². The minimum absolute atomic E-state index is 0.00727. The van der Waals surface area contributed by atoms with Crippen LogP contribution in [0.3, 0.4) is 0 Å². The predicted molar refractivity (Wildman–Crippen MR) is 85.5 cm³/mol. The Kier molecular flexibility index (Phi) is 4.73. The lowest BCUT2D eigenvalue weighted by Gasteiger charge is -2.11. The van der Waals surface area contributed by atoms with Gasteiger partial charge in [-0.15, -0.1) is 11.3 Å². The summed E-state index contributed by atoms with van der Waals surface area (Å²) in [6, 6.07) is 7.39. The molecule has 0 aliphatic heterocycles. The molecule has 2 rings (SSSR count). The molecular weight excluding hydrogens is 400 g/mol. The Morgan fingerprint density at radius 2 is 1.71 bits per heavy atom. The Hall–Kier alpha value is -0.940. The van der Waals surface area contributed by atoms with Crippen molar-refractivity contribution >= 4 is 53.0 Å². The van der Waals surface area contributed by atoms with E-state index in [-0.39, 0.29) is 14.8 Å². The summed E-state index contributed by atoms with van der Waals surface area (Å²) < 4.78 is 53.4. The van der Waals surface area contributed by atoms with Crippen molar-refractivity contribution < 1.29 is 16.8 Å². The Bertz CT molecular complexity index is 859. The van der Waals surface area contributed by atoms with Gasteiger partial charge in [0.2, 0.25) is 10.0 Å². The van der Waals surface area contributed by atoms with E-state index in [4.69, 9.17) is 0 Å². The van der Waals surface area contributed by atoms with Gasteiger partial charge < -0.3 is 0 Å². The van der Waals surface area contributed by atoms with E-state index in [1.807, 2.05) is 0 Å². The first-order chi connectivity index (χ1) is 9.78. The summed E-state index contributed by atoms with van der Waals surface area (Å²) in [5.74, 6) is 0. The van der Waals surface area contributed by atoms with Gasteiger partial charge in [0.15, 0.2) is 4.21 Å². The number of sulfonamides is 2. The number of hydrogen-bond donors (Lipinski definition) is 2. The molecule has 6 nitrogen and oxygen atoms in total. The van der Waals surface area contributed by atoms with Crippen molar-refractivity contribution in [2.45, 2.75) is 9.10 Å². The molecule has 0 fully saturated rings. The highest BCUT2D eigenvalue weighted by Gasteiger charge is 2.23. The van der Waals surface area contributed by atoms with E-state index in [0.29, 0.717) is 4.47 Å². The summed E-state index contributed by atoms with van der Waals surface area (Å²) in [5.41, 5.74) is -0.00727. The maximum absolute atomic E-state index is 12.3. The second kappa shape index (κ2) is 6.05. The van der Waals surface area contributed by atoms with Gasteiger partial charge in [0, 0.05) is 4.47 Å². The van der Waals surface area contributed by atoms with Gasteiger partial charge in [-0.05, 0) is 46.6 Å². The Labute approximate surface area is 135 Å². The first-order valence-electron chi connectivity index (χ1n) is 5.56. The molecule has 0 atom stereocenters. The van der Waals surface area contributed by atoms with Crippen LogP contribution < -0.4 is 9.44 Å². The van der Waals surface area contributed by atoms with Crippen LogP contribution in [0, 0.1) is 0 Å². The molecule has 0 bridgehead atoms. The first-order valence-corrected chi connectivity index (χ1v) is 10.2. The molecule has 2 aromatic rings. The lowest BCUT2D eigenvalue weighted by atomic mass is 10.3. The maximum atomic E-state index is 12.3. The molecule has 1 aromatic heterocycles. The molecule has 0 aliphatic carbocycles. The standard InChI is InChI=1S/C11H11BrN2O4S3/c1-13-20(15,16)10-5-3-2-4-9(10)14-21(17,18)11-8(12)6-7-19-11/h2-7,13-14H,1H3. The van der Waals surface area contributed by atoms with Gasteiger partial charge in [0.05, 0.1) is 5.69 Å². The van der Waals surface area contributed by atoms with Crippen LogP contribution in [-0.4, -0.2) is 23.9 Å². The third kappa shape index (κ3) is 3.46. The fraction of sp³-hybridized carbons (Fsp3) is 0.0909. The Morgan fingerprint density at radius 3 is 2.29 bits per heavy atom. The Balaban J connectivity index is 2.49. The molecule has 0 radical (unpaired) electrons. The summed E-state index contributed by atoms with van der Waals surface area (Å²) in [6.07, 6.45) is 0. The second-order valence-corrected chi connectivity index (χ2v) is 9.37. The number of para-hydroxylation sites is 1. The van der Waals surface area contributed by atoms with Crippen LogP contribution in [0.25, 0.3) is 0 Å². The minimum atomic E-state index is -3.86. The molecule has 2 N–H and O–H groups in total. The number of anilines is 1. The van der Waals surface area contributed by atoms with E-state index in [0.717, 1.165) is 11.3 Å². The van der Waals surface area contributed by atoms with Crippen molar-refractivity contribution in [3.63, 3.8) is 0 Å². The lowest BCUT2D eigenvalue weighted by molar-refractivity contribution is 0.588. The van der Waals surface area contributed by atoms with Gasteiger partial charge in [-0.2, -0.15) is 0 Å². The van der Waals surface area contributed by atoms with Gasteiger partial charge >= 0.3 is 0 Å². The number of rotatable bonds is 5. The molecule has 21 heavy (non-hydrogen) atoms. The van der Waals surface area contributed by atoms with Gasteiger partial charge in [-0.25, -0.2) is 21.6 Å². The molecule has 0 amide bonds. The highest BCUT2D eigenvalue weighted by Crippen LogP contribution is 2.30. The van der Waals surface area contributed by atoms with Crippen LogP contribution in [0.4, 0.5) is 5.69 Å². The summed E-state index contributed by atoms with van der Waals surface area (Å²) in [4.78, 5) is -0.135. The fourth-order valence-corrected chi connectivity index (χ4v) is 5.93. The van der Waals surface area contributed by atoms with Gasteiger partial charge in [0.25, 0.3) is 10.0 Å². The van der Waals surface area contributed by atoms with Crippen LogP contribution in [0.2, 0.25) is 0 Å². The van der Waals surface area contributed by atoms with E-state index in [2.05, 4.69) is 25.4 Å². The van der Waals surface area contributed by atoms with Crippen molar-refractivity contribution in [3.8, 4) is 0 Å². The highest BCUT2D eigenvalue weighted by atomic mass is 79.9. The third-order valence-electron chi connectivity index (χ3n) is 2.52. The van der Waals surface area contributed by atoms with Crippen molar-refractivity contribution in [2.24, 2.45) is 0 Å². The van der Waals surface area contributed by atoms with E-state index >= 15 is 0 Å². The zero-order valence-corrected chi connectivity index (χ0v) is 14.7. The van der Waals surface area contributed by atoms with Crippen LogP contribution in [0.1, 0.15) is 0 Å². The monoisotopic (exact) mass is 410 g/mol. The molecule has 0 spiro atoms. The van der Waals surface area contributed by atoms with Crippen molar-refractivity contribution in [3.05, 3.63) is 40.2 Å². The van der Waals surface area contributed by atoms with Crippen molar-refractivity contribution in [2.75, 3.05) is 11.8 Å². The molecule has 1 heterocycles. The normalized spacial score (nSPS) is 12.3. The van der Waals surface area contributed by atoms with Gasteiger partial charge in [-0.3, -0.25) is 4.72 Å². The van der Waals surface area contributed by atoms with E-state index in [1.165, 1.54) is 25.2 Å². The third-order valence-corrected chi connectivity index (χ3v) is 8.03. The smallest absolute Gasteiger partial charge is 0.272 e. The lowest BCUT2D eigenvalue weighted by Crippen LogP contribution is -2.21. The highest BCUT2D eigenvalue weighted by molar-refractivity contribution is 9.10. The summed E-state index contributed by atoms with van der Waals surface area (Å²) >= 11 is 4.18. The zero-order chi connectivity index (χ0) is 15.7. The molecule has 1 aromatic carbocycles. The predicted octanol–water partition coefficient (Wildman–Crippen LogP) is 2.22. The quantitative estimate of drug-likeness (QED) is 0.789. The molecule has 0 saturated heterocycles. The van der Waals surface area contributed by atoms with Gasteiger partial charge in [-0.1, -0.05) is 12.1 Å². The number of thiophene rings is 1. The molecular formula is C11H11BrN2O4S3. The Morgan fingerprint density at radius 1 is 1.05 bits per heavy atom. The van der Waals surface area contributed by atoms with E-state index < -0.39 is 20.0 Å². The second-order valence-electron chi connectivity index (χ2n) is 3.87. The average Bonchev–Trinajstić information content (AvgIpc) is 2.86. The largest absolute Gasteiger partial charge is 0.278 e. The maximum Gasteiger partial charge on any atom is 0.272 e. The number of nitrogens with one attached hydrogen (secondary N) is 2. The van der Waals surface area contributed by atoms with Crippen LogP contribution >= 0.6 is 27.3 Å². The van der Waals surface area contributed by atoms with Crippen molar-refractivity contribution in [1.82, 2.24) is 4.72 Å². The first kappa shape index (κ1) is 16.4. The number of hydrogen-bond acceptors (Lipinski definition) is 5. The van der Waals surface area contributed by atoms with E-state index in [9.17, 15) is 16.8 Å². The van der Waals surface area contributed by atoms with Crippen molar-refractivity contribution in [1.29, 1.82) is 0 Å². The molecule has 10 heteroatoms. The summed E-state index contributed by atoms with van der Waals surface area (Å²) in [7, 11) is -6.37. The average molecular weight is 411 g/mol. The fourth-order valence-electron chi connectivity index (χ4n) is 1.56. The topological polar surface area (TPSA) is 92.3 Å². The molecule has 114 valence electrons. The van der Waals surface area contributed by atoms with Crippen LogP contribution in [0.5, 0.6) is 0 Å². The summed E-state index contributed by atoms with van der Waals surface area (Å²) in [6.45, 7) is 0. The SMILES string of the molecule is CNS(=O)(=O)c1ccccc1NS(=O)(=O)c1sccc1Br. The van der Waals surface area contributed by atoms with Crippen LogP contribution in [0.15, 0.2) is 49.3 Å². The van der Waals surface area contributed by atoms with Crippen LogP contribution in [-0.2, 0) is 20.0 Å².